The number of aryl methyl sites for hydroxylation is 1. The van der Waals surface area contributed by atoms with E-state index in [1.165, 1.54) is 11.1 Å². The molecule has 0 fully saturated rings. The SMILES string of the molecule is Cc1cccc(Cc2nc3cc(CN)ccn3n2)c1. The Labute approximate surface area is 111 Å². The Hall–Kier alpha value is -2.20. The van der Waals surface area contributed by atoms with Gasteiger partial charge in [0.1, 0.15) is 0 Å². The second-order valence-electron chi connectivity index (χ2n) is 4.74. The average molecular weight is 252 g/mol. The largest absolute Gasteiger partial charge is 0.326 e. The number of pyridine rings is 1. The number of hydrogen-bond acceptors (Lipinski definition) is 3. The minimum absolute atomic E-state index is 0.524. The highest BCUT2D eigenvalue weighted by Gasteiger charge is 2.05. The van der Waals surface area contributed by atoms with E-state index in [0.29, 0.717) is 6.54 Å². The number of rotatable bonds is 3. The summed E-state index contributed by atoms with van der Waals surface area (Å²) in [4.78, 5) is 4.54. The first kappa shape index (κ1) is 11.9. The van der Waals surface area contributed by atoms with Gasteiger partial charge >= 0.3 is 0 Å². The van der Waals surface area contributed by atoms with Crippen molar-refractivity contribution in [3.05, 3.63) is 65.1 Å². The quantitative estimate of drug-likeness (QED) is 0.776. The van der Waals surface area contributed by atoms with Crippen molar-refractivity contribution in [2.45, 2.75) is 19.9 Å². The maximum atomic E-state index is 5.63. The summed E-state index contributed by atoms with van der Waals surface area (Å²) in [6.07, 6.45) is 2.66. The van der Waals surface area contributed by atoms with Crippen molar-refractivity contribution in [2.24, 2.45) is 5.73 Å². The van der Waals surface area contributed by atoms with Crippen LogP contribution in [0.1, 0.15) is 22.5 Å². The van der Waals surface area contributed by atoms with Crippen molar-refractivity contribution in [1.29, 1.82) is 0 Å². The van der Waals surface area contributed by atoms with E-state index in [-0.39, 0.29) is 0 Å². The molecule has 0 aliphatic rings. The molecular weight excluding hydrogens is 236 g/mol. The van der Waals surface area contributed by atoms with Crippen molar-refractivity contribution in [1.82, 2.24) is 14.6 Å². The fraction of sp³-hybridized carbons (Fsp3) is 0.200. The number of aromatic nitrogens is 3. The molecule has 1 aromatic carbocycles. The van der Waals surface area contributed by atoms with Crippen LogP contribution in [-0.2, 0) is 13.0 Å². The van der Waals surface area contributed by atoms with E-state index in [1.807, 2.05) is 18.3 Å². The summed E-state index contributed by atoms with van der Waals surface area (Å²) in [6, 6.07) is 12.4. The molecule has 19 heavy (non-hydrogen) atoms. The van der Waals surface area contributed by atoms with Crippen LogP contribution in [0.3, 0.4) is 0 Å². The molecule has 0 aliphatic carbocycles. The number of nitrogens with two attached hydrogens (primary N) is 1. The standard InChI is InChI=1S/C15H16N4/c1-11-3-2-4-12(7-11)8-14-17-15-9-13(10-16)5-6-19(15)18-14/h2-7,9H,8,10,16H2,1H3. The molecule has 4 nitrogen and oxygen atoms in total. The molecule has 0 atom stereocenters. The molecule has 3 rings (SSSR count). The van der Waals surface area contributed by atoms with Crippen LogP contribution in [0.15, 0.2) is 42.6 Å². The Morgan fingerprint density at radius 1 is 1.16 bits per heavy atom. The molecule has 3 aromatic rings. The van der Waals surface area contributed by atoms with E-state index >= 15 is 0 Å². The number of nitrogens with zero attached hydrogens (tertiary/aromatic N) is 3. The van der Waals surface area contributed by atoms with Crippen LogP contribution in [0.5, 0.6) is 0 Å². The molecule has 0 bridgehead atoms. The molecule has 0 spiro atoms. The molecular formula is C15H16N4. The van der Waals surface area contributed by atoms with E-state index in [9.17, 15) is 0 Å². The molecule has 96 valence electrons. The summed E-state index contributed by atoms with van der Waals surface area (Å²) in [5.41, 5.74) is 10.0. The van der Waals surface area contributed by atoms with Crippen molar-refractivity contribution in [3.63, 3.8) is 0 Å². The van der Waals surface area contributed by atoms with Gasteiger partial charge in [-0.15, -0.1) is 0 Å². The Kier molecular flexibility index (Phi) is 3.01. The highest BCUT2D eigenvalue weighted by Crippen LogP contribution is 2.11. The maximum Gasteiger partial charge on any atom is 0.156 e. The van der Waals surface area contributed by atoms with Crippen LogP contribution in [0.4, 0.5) is 0 Å². The Bertz CT molecular complexity index is 715. The second-order valence-corrected chi connectivity index (χ2v) is 4.74. The van der Waals surface area contributed by atoms with E-state index in [0.717, 1.165) is 23.5 Å². The number of benzene rings is 1. The molecule has 2 heterocycles. The zero-order valence-electron chi connectivity index (χ0n) is 10.9. The topological polar surface area (TPSA) is 56.2 Å². The molecule has 2 N–H and O–H groups in total. The molecule has 0 amide bonds. The van der Waals surface area contributed by atoms with E-state index < -0.39 is 0 Å². The molecule has 4 heteroatoms. The van der Waals surface area contributed by atoms with Gasteiger partial charge in [-0.05, 0) is 30.2 Å². The summed E-state index contributed by atoms with van der Waals surface area (Å²) in [5.74, 6) is 0.833. The summed E-state index contributed by atoms with van der Waals surface area (Å²) in [5, 5.41) is 4.48. The van der Waals surface area contributed by atoms with E-state index in [2.05, 4.69) is 41.3 Å². The van der Waals surface area contributed by atoms with Crippen molar-refractivity contribution in [3.8, 4) is 0 Å². The second kappa shape index (κ2) is 4.82. The van der Waals surface area contributed by atoms with Crippen LogP contribution >= 0.6 is 0 Å². The Morgan fingerprint density at radius 2 is 2.05 bits per heavy atom. The van der Waals surface area contributed by atoms with Crippen molar-refractivity contribution < 1.29 is 0 Å². The first-order valence-electron chi connectivity index (χ1n) is 6.34. The van der Waals surface area contributed by atoms with Crippen LogP contribution in [0, 0.1) is 6.92 Å². The fourth-order valence-electron chi connectivity index (χ4n) is 2.18. The Balaban J connectivity index is 1.93. The van der Waals surface area contributed by atoms with Crippen molar-refractivity contribution in [2.75, 3.05) is 0 Å². The van der Waals surface area contributed by atoms with Gasteiger partial charge in [0.05, 0.1) is 0 Å². The van der Waals surface area contributed by atoms with Crippen LogP contribution < -0.4 is 5.73 Å². The lowest BCUT2D eigenvalue weighted by Crippen LogP contribution is -1.97. The molecule has 0 aliphatic heterocycles. The van der Waals surface area contributed by atoms with Gasteiger partial charge in [0.25, 0.3) is 0 Å². The summed E-state index contributed by atoms with van der Waals surface area (Å²) >= 11 is 0. The highest BCUT2D eigenvalue weighted by atomic mass is 15.3. The maximum absolute atomic E-state index is 5.63. The van der Waals surface area contributed by atoms with Crippen LogP contribution in [0.2, 0.25) is 0 Å². The lowest BCUT2D eigenvalue weighted by Gasteiger charge is -1.98. The molecule has 0 saturated carbocycles. The predicted molar refractivity (Wildman–Crippen MR) is 74.9 cm³/mol. The van der Waals surface area contributed by atoms with Gasteiger partial charge in [-0.2, -0.15) is 5.10 Å². The minimum atomic E-state index is 0.524. The van der Waals surface area contributed by atoms with E-state index in [1.54, 1.807) is 4.52 Å². The molecule has 2 aromatic heterocycles. The predicted octanol–water partition coefficient (Wildman–Crippen LogP) is 2.09. The first-order valence-corrected chi connectivity index (χ1v) is 6.34. The van der Waals surface area contributed by atoms with Gasteiger partial charge in [-0.1, -0.05) is 29.8 Å². The summed E-state index contributed by atoms with van der Waals surface area (Å²) < 4.78 is 1.80. The van der Waals surface area contributed by atoms with Gasteiger partial charge in [0.15, 0.2) is 11.5 Å². The molecule has 0 radical (unpaired) electrons. The third-order valence-electron chi connectivity index (χ3n) is 3.13. The first-order chi connectivity index (χ1) is 9.24. The normalized spacial score (nSPS) is 11.1. The Morgan fingerprint density at radius 3 is 2.84 bits per heavy atom. The average Bonchev–Trinajstić information content (AvgIpc) is 2.79. The highest BCUT2D eigenvalue weighted by molar-refractivity contribution is 5.41. The van der Waals surface area contributed by atoms with Crippen LogP contribution in [-0.4, -0.2) is 14.6 Å². The number of fused-ring (bicyclic) bond motifs is 1. The monoisotopic (exact) mass is 252 g/mol. The van der Waals surface area contributed by atoms with E-state index in [4.69, 9.17) is 5.73 Å². The fourth-order valence-corrected chi connectivity index (χ4v) is 2.18. The zero-order valence-corrected chi connectivity index (χ0v) is 10.9. The van der Waals surface area contributed by atoms with Gasteiger partial charge in [-0.25, -0.2) is 9.50 Å². The lowest BCUT2D eigenvalue weighted by atomic mass is 10.1. The third-order valence-corrected chi connectivity index (χ3v) is 3.13. The van der Waals surface area contributed by atoms with Gasteiger partial charge in [0, 0.05) is 19.2 Å². The number of hydrogen-bond donors (Lipinski definition) is 1. The van der Waals surface area contributed by atoms with Crippen LogP contribution in [0.25, 0.3) is 5.65 Å². The zero-order chi connectivity index (χ0) is 13.2. The lowest BCUT2D eigenvalue weighted by molar-refractivity contribution is 0.895. The van der Waals surface area contributed by atoms with Gasteiger partial charge < -0.3 is 5.73 Å². The minimum Gasteiger partial charge on any atom is -0.326 e. The smallest absolute Gasteiger partial charge is 0.156 e. The van der Waals surface area contributed by atoms with Crippen molar-refractivity contribution >= 4 is 5.65 Å². The van der Waals surface area contributed by atoms with Gasteiger partial charge in [0.2, 0.25) is 0 Å². The summed E-state index contributed by atoms with van der Waals surface area (Å²) in [7, 11) is 0. The summed E-state index contributed by atoms with van der Waals surface area (Å²) in [6.45, 7) is 2.62. The van der Waals surface area contributed by atoms with Gasteiger partial charge in [-0.3, -0.25) is 0 Å². The molecule has 0 unspecified atom stereocenters. The third kappa shape index (κ3) is 2.48. The molecule has 0 saturated heterocycles.